The van der Waals surface area contributed by atoms with Crippen molar-refractivity contribution in [2.45, 2.75) is 6.92 Å². The minimum atomic E-state index is 0.247. The Bertz CT molecular complexity index is 570. The highest BCUT2D eigenvalue weighted by Gasteiger charge is 2.02. The second kappa shape index (κ2) is 6.15. The molecular formula is C14H14N2O2S. The number of thiocarbonyl (C=S) groups is 1. The fourth-order valence-electron chi connectivity index (χ4n) is 1.52. The van der Waals surface area contributed by atoms with Crippen LogP contribution in [0.2, 0.25) is 0 Å². The van der Waals surface area contributed by atoms with Crippen LogP contribution >= 0.6 is 12.2 Å². The van der Waals surface area contributed by atoms with Gasteiger partial charge in [-0.3, -0.25) is 4.98 Å². The second-order valence-electron chi connectivity index (χ2n) is 3.75. The van der Waals surface area contributed by atoms with Gasteiger partial charge in [0.05, 0.1) is 6.61 Å². The zero-order valence-electron chi connectivity index (χ0n) is 10.5. The van der Waals surface area contributed by atoms with E-state index in [1.165, 1.54) is 0 Å². The summed E-state index contributed by atoms with van der Waals surface area (Å²) in [6.45, 7) is 2.58. The summed E-state index contributed by atoms with van der Waals surface area (Å²) in [5, 5.41) is 0. The Morgan fingerprint density at radius 1 is 1.16 bits per heavy atom. The van der Waals surface area contributed by atoms with Gasteiger partial charge in [-0.25, -0.2) is 0 Å². The first-order valence-corrected chi connectivity index (χ1v) is 6.26. The number of aromatic nitrogens is 1. The van der Waals surface area contributed by atoms with Gasteiger partial charge in [0.15, 0.2) is 0 Å². The average Bonchev–Trinajstić information content (AvgIpc) is 2.42. The Hall–Kier alpha value is -2.14. The number of nitrogens with two attached hydrogens (primary N) is 1. The molecule has 0 aliphatic rings. The summed E-state index contributed by atoms with van der Waals surface area (Å²) in [7, 11) is 0. The lowest BCUT2D eigenvalue weighted by Gasteiger charge is -2.08. The first-order valence-electron chi connectivity index (χ1n) is 5.85. The standard InChI is InChI=1S/C14H14N2O2S/c1-2-17-10-3-5-11(6-4-10)18-12-7-8-16-13(9-12)14(15)19/h3-9H,2H2,1H3,(H2,15,19). The van der Waals surface area contributed by atoms with E-state index in [0.717, 1.165) is 5.75 Å². The first kappa shape index (κ1) is 13.3. The third-order valence-electron chi connectivity index (χ3n) is 2.35. The van der Waals surface area contributed by atoms with Gasteiger partial charge in [-0.2, -0.15) is 0 Å². The Morgan fingerprint density at radius 2 is 1.84 bits per heavy atom. The molecular weight excluding hydrogens is 260 g/mol. The van der Waals surface area contributed by atoms with E-state index >= 15 is 0 Å². The highest BCUT2D eigenvalue weighted by Crippen LogP contribution is 2.23. The van der Waals surface area contributed by atoms with Crippen LogP contribution in [0, 0.1) is 0 Å². The van der Waals surface area contributed by atoms with Crippen LogP contribution < -0.4 is 15.2 Å². The molecule has 0 saturated carbocycles. The van der Waals surface area contributed by atoms with Gasteiger partial charge in [0.25, 0.3) is 0 Å². The van der Waals surface area contributed by atoms with Crippen molar-refractivity contribution in [3.8, 4) is 17.2 Å². The molecule has 2 aromatic rings. The molecule has 0 aliphatic carbocycles. The van der Waals surface area contributed by atoms with E-state index in [1.807, 2.05) is 31.2 Å². The summed E-state index contributed by atoms with van der Waals surface area (Å²) in [5.74, 6) is 2.17. The van der Waals surface area contributed by atoms with Crippen LogP contribution in [0.25, 0.3) is 0 Å². The summed E-state index contributed by atoms with van der Waals surface area (Å²) in [6.07, 6.45) is 1.61. The van der Waals surface area contributed by atoms with Gasteiger partial charge in [0.2, 0.25) is 0 Å². The summed E-state index contributed by atoms with van der Waals surface area (Å²) in [6, 6.07) is 10.8. The van der Waals surface area contributed by atoms with Crippen molar-refractivity contribution in [3.05, 3.63) is 48.3 Å². The van der Waals surface area contributed by atoms with Gasteiger partial charge >= 0.3 is 0 Å². The summed E-state index contributed by atoms with van der Waals surface area (Å²) < 4.78 is 11.1. The van der Waals surface area contributed by atoms with Crippen LogP contribution in [0.5, 0.6) is 17.2 Å². The van der Waals surface area contributed by atoms with E-state index in [2.05, 4.69) is 4.98 Å². The lowest BCUT2D eigenvalue weighted by atomic mass is 10.3. The van der Waals surface area contributed by atoms with Crippen LogP contribution in [0.1, 0.15) is 12.6 Å². The Labute approximate surface area is 117 Å². The van der Waals surface area contributed by atoms with E-state index in [1.54, 1.807) is 18.3 Å². The smallest absolute Gasteiger partial charge is 0.131 e. The molecule has 2 N–H and O–H groups in total. The Kier molecular flexibility index (Phi) is 4.30. The lowest BCUT2D eigenvalue weighted by molar-refractivity contribution is 0.339. The minimum absolute atomic E-state index is 0.247. The molecule has 1 heterocycles. The molecule has 2 rings (SSSR count). The number of nitrogens with zero attached hydrogens (tertiary/aromatic N) is 1. The molecule has 0 atom stereocenters. The average molecular weight is 274 g/mol. The number of rotatable bonds is 5. The summed E-state index contributed by atoms with van der Waals surface area (Å²) >= 11 is 4.88. The van der Waals surface area contributed by atoms with Crippen molar-refractivity contribution in [3.63, 3.8) is 0 Å². The minimum Gasteiger partial charge on any atom is -0.494 e. The van der Waals surface area contributed by atoms with Crippen LogP contribution in [0.3, 0.4) is 0 Å². The van der Waals surface area contributed by atoms with Crippen molar-refractivity contribution in [1.29, 1.82) is 0 Å². The van der Waals surface area contributed by atoms with Gasteiger partial charge in [0.1, 0.15) is 27.9 Å². The number of pyridine rings is 1. The van der Waals surface area contributed by atoms with Gasteiger partial charge in [-0.1, -0.05) is 12.2 Å². The largest absolute Gasteiger partial charge is 0.494 e. The predicted octanol–water partition coefficient (Wildman–Crippen LogP) is 2.91. The van der Waals surface area contributed by atoms with E-state index < -0.39 is 0 Å². The first-order chi connectivity index (χ1) is 9.19. The Balaban J connectivity index is 2.12. The molecule has 0 fully saturated rings. The molecule has 1 aromatic heterocycles. The number of benzene rings is 1. The van der Waals surface area contributed by atoms with E-state index in [0.29, 0.717) is 23.8 Å². The van der Waals surface area contributed by atoms with Crippen molar-refractivity contribution in [2.75, 3.05) is 6.61 Å². The topological polar surface area (TPSA) is 57.4 Å². The molecule has 0 spiro atoms. The molecule has 0 saturated heterocycles. The molecule has 0 aliphatic heterocycles. The highest BCUT2D eigenvalue weighted by atomic mass is 32.1. The summed E-state index contributed by atoms with van der Waals surface area (Å²) in [5.41, 5.74) is 6.07. The fourth-order valence-corrected chi connectivity index (χ4v) is 1.63. The normalized spacial score (nSPS) is 9.95. The van der Waals surface area contributed by atoms with Crippen LogP contribution in [0.4, 0.5) is 0 Å². The lowest BCUT2D eigenvalue weighted by Crippen LogP contribution is -2.11. The number of ether oxygens (including phenoxy) is 2. The van der Waals surface area contributed by atoms with E-state index in [9.17, 15) is 0 Å². The molecule has 0 radical (unpaired) electrons. The molecule has 5 heteroatoms. The molecule has 4 nitrogen and oxygen atoms in total. The molecule has 0 bridgehead atoms. The monoisotopic (exact) mass is 274 g/mol. The maximum atomic E-state index is 5.69. The number of hydrogen-bond acceptors (Lipinski definition) is 4. The summed E-state index contributed by atoms with van der Waals surface area (Å²) in [4.78, 5) is 4.30. The third kappa shape index (κ3) is 3.66. The van der Waals surface area contributed by atoms with Crippen molar-refractivity contribution in [1.82, 2.24) is 4.98 Å². The second-order valence-corrected chi connectivity index (χ2v) is 4.19. The fraction of sp³-hybridized carbons (Fsp3) is 0.143. The van der Waals surface area contributed by atoms with Gasteiger partial charge < -0.3 is 15.2 Å². The highest BCUT2D eigenvalue weighted by molar-refractivity contribution is 7.80. The predicted molar refractivity (Wildman–Crippen MR) is 77.8 cm³/mol. The zero-order valence-corrected chi connectivity index (χ0v) is 11.3. The number of hydrogen-bond donors (Lipinski definition) is 1. The van der Waals surface area contributed by atoms with E-state index in [-0.39, 0.29) is 4.99 Å². The van der Waals surface area contributed by atoms with Crippen molar-refractivity contribution >= 4 is 17.2 Å². The molecule has 19 heavy (non-hydrogen) atoms. The van der Waals surface area contributed by atoms with Crippen LogP contribution in [0.15, 0.2) is 42.6 Å². The third-order valence-corrected chi connectivity index (χ3v) is 2.56. The van der Waals surface area contributed by atoms with Crippen molar-refractivity contribution < 1.29 is 9.47 Å². The van der Waals surface area contributed by atoms with Crippen molar-refractivity contribution in [2.24, 2.45) is 5.73 Å². The van der Waals surface area contributed by atoms with Gasteiger partial charge in [-0.15, -0.1) is 0 Å². The van der Waals surface area contributed by atoms with Crippen LogP contribution in [-0.2, 0) is 0 Å². The molecule has 1 aromatic carbocycles. The molecule has 0 unspecified atom stereocenters. The van der Waals surface area contributed by atoms with E-state index in [4.69, 9.17) is 27.4 Å². The maximum absolute atomic E-state index is 5.69. The quantitative estimate of drug-likeness (QED) is 0.850. The Morgan fingerprint density at radius 3 is 2.47 bits per heavy atom. The molecule has 0 amide bonds. The van der Waals surface area contributed by atoms with Crippen LogP contribution in [-0.4, -0.2) is 16.6 Å². The molecule has 98 valence electrons. The van der Waals surface area contributed by atoms with Gasteiger partial charge in [0, 0.05) is 12.3 Å². The SMILES string of the molecule is CCOc1ccc(Oc2ccnc(C(N)=S)c2)cc1. The maximum Gasteiger partial charge on any atom is 0.131 e. The zero-order chi connectivity index (χ0) is 13.7. The van der Waals surface area contributed by atoms with Gasteiger partial charge in [-0.05, 0) is 37.3 Å².